The highest BCUT2D eigenvalue weighted by Gasteiger charge is 2.09. The van der Waals surface area contributed by atoms with Gasteiger partial charge in [-0.15, -0.1) is 0 Å². The van der Waals surface area contributed by atoms with Crippen molar-refractivity contribution in [3.8, 4) is 11.5 Å². The van der Waals surface area contributed by atoms with E-state index in [2.05, 4.69) is 15.8 Å². The zero-order valence-corrected chi connectivity index (χ0v) is 16.5. The number of nitrogens with one attached hydrogen (secondary N) is 2. The number of carbonyl (C=O) groups excluding carboxylic acids is 2. The zero-order valence-electron chi connectivity index (χ0n) is 15.7. The Labute approximate surface area is 168 Å². The Bertz CT molecular complexity index is 855. The molecule has 0 aromatic heterocycles. The topological polar surface area (TPSA) is 89.0 Å². The van der Waals surface area contributed by atoms with Crippen molar-refractivity contribution in [2.75, 3.05) is 19.0 Å². The number of hydrogen-bond acceptors (Lipinski definition) is 5. The maximum absolute atomic E-state index is 11.9. The molecule has 0 atom stereocenters. The Balaban J connectivity index is 1.86. The van der Waals surface area contributed by atoms with Crippen molar-refractivity contribution in [3.63, 3.8) is 0 Å². The van der Waals surface area contributed by atoms with Gasteiger partial charge in [-0.2, -0.15) is 5.10 Å². The first-order valence-corrected chi connectivity index (χ1v) is 9.07. The largest absolute Gasteiger partial charge is 0.493 e. The van der Waals surface area contributed by atoms with Gasteiger partial charge in [0.25, 0.3) is 0 Å². The first kappa shape index (κ1) is 21.2. The average molecular weight is 404 g/mol. The molecule has 8 heteroatoms. The molecule has 28 heavy (non-hydrogen) atoms. The number of carbonyl (C=O) groups is 2. The van der Waals surface area contributed by atoms with Crippen LogP contribution in [0.4, 0.5) is 5.69 Å². The lowest BCUT2D eigenvalue weighted by Gasteiger charge is -2.10. The van der Waals surface area contributed by atoms with Crippen LogP contribution in [-0.4, -0.2) is 31.7 Å². The summed E-state index contributed by atoms with van der Waals surface area (Å²) in [6.45, 7) is 2.61. The maximum atomic E-state index is 11.9. The monoisotopic (exact) mass is 403 g/mol. The van der Waals surface area contributed by atoms with Crippen LogP contribution < -0.4 is 20.2 Å². The number of ether oxygens (including phenoxy) is 2. The highest BCUT2D eigenvalue weighted by molar-refractivity contribution is 6.30. The van der Waals surface area contributed by atoms with Crippen molar-refractivity contribution in [1.82, 2.24) is 5.43 Å². The first-order chi connectivity index (χ1) is 13.5. The van der Waals surface area contributed by atoms with E-state index < -0.39 is 11.8 Å². The van der Waals surface area contributed by atoms with Gasteiger partial charge in [0.15, 0.2) is 11.5 Å². The van der Waals surface area contributed by atoms with Gasteiger partial charge in [0.05, 0.1) is 19.9 Å². The van der Waals surface area contributed by atoms with E-state index in [0.717, 1.165) is 6.42 Å². The Morgan fingerprint density at radius 2 is 1.96 bits per heavy atom. The summed E-state index contributed by atoms with van der Waals surface area (Å²) in [5.74, 6) is 0.215. The Morgan fingerprint density at radius 1 is 1.14 bits per heavy atom. The second-order valence-corrected chi connectivity index (χ2v) is 6.22. The number of anilines is 1. The van der Waals surface area contributed by atoms with Crippen LogP contribution in [0, 0.1) is 0 Å². The zero-order chi connectivity index (χ0) is 20.4. The molecule has 0 bridgehead atoms. The predicted octanol–water partition coefficient (Wildman–Crippen LogP) is 3.62. The van der Waals surface area contributed by atoms with E-state index in [1.807, 2.05) is 6.92 Å². The van der Waals surface area contributed by atoms with Crippen LogP contribution >= 0.6 is 11.6 Å². The molecule has 0 fully saturated rings. The van der Waals surface area contributed by atoms with E-state index in [9.17, 15) is 9.59 Å². The fourth-order valence-electron chi connectivity index (χ4n) is 2.23. The fourth-order valence-corrected chi connectivity index (χ4v) is 2.42. The summed E-state index contributed by atoms with van der Waals surface area (Å²) >= 11 is 5.85. The van der Waals surface area contributed by atoms with E-state index in [0.29, 0.717) is 34.4 Å². The minimum Gasteiger partial charge on any atom is -0.493 e. The summed E-state index contributed by atoms with van der Waals surface area (Å²) in [6, 6.07) is 12.0. The van der Waals surface area contributed by atoms with Crippen molar-refractivity contribution in [3.05, 3.63) is 53.1 Å². The number of methoxy groups -OCH3 is 1. The van der Waals surface area contributed by atoms with Gasteiger partial charge in [0.2, 0.25) is 11.8 Å². The third-order valence-corrected chi connectivity index (χ3v) is 3.72. The quantitative estimate of drug-likeness (QED) is 0.380. The van der Waals surface area contributed by atoms with Crippen molar-refractivity contribution in [2.45, 2.75) is 19.8 Å². The molecular formula is C20H22ClN3O4. The minimum atomic E-state index is -0.536. The number of halogens is 1. The molecule has 0 unspecified atom stereocenters. The highest BCUT2D eigenvalue weighted by atomic mass is 35.5. The molecule has 2 N–H and O–H groups in total. The Hall–Kier alpha value is -3.06. The van der Waals surface area contributed by atoms with Gasteiger partial charge in [-0.1, -0.05) is 24.6 Å². The van der Waals surface area contributed by atoms with Crippen LogP contribution in [0.25, 0.3) is 0 Å². The van der Waals surface area contributed by atoms with Gasteiger partial charge in [0, 0.05) is 10.7 Å². The van der Waals surface area contributed by atoms with Gasteiger partial charge >= 0.3 is 0 Å². The van der Waals surface area contributed by atoms with Crippen LogP contribution in [0.5, 0.6) is 11.5 Å². The number of benzene rings is 2. The standard InChI is InChI=1S/C20H22ClN3O4/c1-3-9-28-17-8-7-14(10-18(17)27-2)13-22-24-20(26)12-19(25)23-16-6-4-5-15(21)11-16/h4-8,10-11,13H,3,9,12H2,1-2H3,(H,23,25)(H,24,26)/b22-13+. The van der Waals surface area contributed by atoms with Crippen LogP contribution in [-0.2, 0) is 9.59 Å². The predicted molar refractivity (Wildman–Crippen MR) is 109 cm³/mol. The molecular weight excluding hydrogens is 382 g/mol. The molecule has 2 amide bonds. The molecule has 0 radical (unpaired) electrons. The number of hydrogen-bond donors (Lipinski definition) is 2. The van der Waals surface area contributed by atoms with Gasteiger partial charge in [-0.3, -0.25) is 9.59 Å². The minimum absolute atomic E-state index is 0.364. The normalized spacial score (nSPS) is 10.5. The molecule has 0 aliphatic heterocycles. The van der Waals surface area contributed by atoms with Crippen LogP contribution in [0.3, 0.4) is 0 Å². The summed E-state index contributed by atoms with van der Waals surface area (Å²) in [5.41, 5.74) is 3.55. The molecule has 0 aliphatic rings. The van der Waals surface area contributed by atoms with E-state index >= 15 is 0 Å². The summed E-state index contributed by atoms with van der Waals surface area (Å²) in [4.78, 5) is 23.7. The van der Waals surface area contributed by atoms with E-state index in [-0.39, 0.29) is 6.42 Å². The number of rotatable bonds is 9. The lowest BCUT2D eigenvalue weighted by molar-refractivity contribution is -0.126. The summed E-state index contributed by atoms with van der Waals surface area (Å²) < 4.78 is 10.9. The molecule has 2 aromatic rings. The molecule has 0 spiro atoms. The SMILES string of the molecule is CCCOc1ccc(/C=N/NC(=O)CC(=O)Nc2cccc(Cl)c2)cc1OC. The number of hydrazone groups is 1. The number of nitrogens with zero attached hydrogens (tertiary/aromatic N) is 1. The number of amides is 2. The molecule has 0 heterocycles. The average Bonchev–Trinajstić information content (AvgIpc) is 2.66. The van der Waals surface area contributed by atoms with Crippen LogP contribution in [0.15, 0.2) is 47.6 Å². The van der Waals surface area contributed by atoms with Crippen molar-refractivity contribution >= 4 is 35.3 Å². The summed E-state index contributed by atoms with van der Waals surface area (Å²) in [5, 5.41) is 6.95. The Morgan fingerprint density at radius 3 is 2.68 bits per heavy atom. The van der Waals surface area contributed by atoms with Gasteiger partial charge in [-0.05, 0) is 48.4 Å². The highest BCUT2D eigenvalue weighted by Crippen LogP contribution is 2.27. The van der Waals surface area contributed by atoms with Gasteiger partial charge < -0.3 is 14.8 Å². The lowest BCUT2D eigenvalue weighted by atomic mass is 10.2. The van der Waals surface area contributed by atoms with E-state index in [1.165, 1.54) is 6.21 Å². The van der Waals surface area contributed by atoms with E-state index in [4.69, 9.17) is 21.1 Å². The molecule has 7 nitrogen and oxygen atoms in total. The molecule has 148 valence electrons. The lowest BCUT2D eigenvalue weighted by Crippen LogP contribution is -2.24. The molecule has 0 aliphatic carbocycles. The van der Waals surface area contributed by atoms with Crippen molar-refractivity contribution < 1.29 is 19.1 Å². The second kappa shape index (κ2) is 10.9. The molecule has 0 saturated heterocycles. The van der Waals surface area contributed by atoms with Crippen LogP contribution in [0.1, 0.15) is 25.3 Å². The third-order valence-electron chi connectivity index (χ3n) is 3.48. The van der Waals surface area contributed by atoms with Crippen molar-refractivity contribution in [2.24, 2.45) is 5.10 Å². The smallest absolute Gasteiger partial charge is 0.249 e. The molecule has 2 aromatic carbocycles. The molecule has 0 saturated carbocycles. The third kappa shape index (κ3) is 6.92. The second-order valence-electron chi connectivity index (χ2n) is 5.79. The van der Waals surface area contributed by atoms with Crippen LogP contribution in [0.2, 0.25) is 5.02 Å². The fraction of sp³-hybridized carbons (Fsp3) is 0.250. The molecule has 2 rings (SSSR count). The maximum Gasteiger partial charge on any atom is 0.249 e. The van der Waals surface area contributed by atoms with Gasteiger partial charge in [-0.25, -0.2) is 5.43 Å². The summed E-state index contributed by atoms with van der Waals surface area (Å²) in [7, 11) is 1.55. The first-order valence-electron chi connectivity index (χ1n) is 8.70. The van der Waals surface area contributed by atoms with Crippen molar-refractivity contribution in [1.29, 1.82) is 0 Å². The summed E-state index contributed by atoms with van der Waals surface area (Å²) in [6.07, 6.45) is 1.99. The van der Waals surface area contributed by atoms with E-state index in [1.54, 1.807) is 49.6 Å². The Kier molecular flexibility index (Phi) is 8.30. The van der Waals surface area contributed by atoms with Gasteiger partial charge in [0.1, 0.15) is 6.42 Å².